The highest BCUT2D eigenvalue weighted by Gasteiger charge is 2.31. The minimum absolute atomic E-state index is 0.282. The third-order valence-electron chi connectivity index (χ3n) is 3.57. The number of H-pyrrole nitrogens is 1. The summed E-state index contributed by atoms with van der Waals surface area (Å²) in [6.45, 7) is 2.29. The number of carboxylic acid groups (broad SMARTS) is 1. The Kier molecular flexibility index (Phi) is 4.60. The first-order valence-electron chi connectivity index (χ1n) is 6.89. The summed E-state index contributed by atoms with van der Waals surface area (Å²) in [5, 5.41) is 12.1. The van der Waals surface area contributed by atoms with Crippen molar-refractivity contribution in [1.82, 2.24) is 20.2 Å². The van der Waals surface area contributed by atoms with Crippen molar-refractivity contribution in [2.24, 2.45) is 0 Å². The fraction of sp³-hybridized carbons (Fsp3) is 0.615. The number of aromatic amines is 1. The molecule has 0 aromatic carbocycles. The van der Waals surface area contributed by atoms with E-state index < -0.39 is 12.0 Å². The van der Waals surface area contributed by atoms with Gasteiger partial charge in [0.25, 0.3) is 0 Å². The lowest BCUT2D eigenvalue weighted by Gasteiger charge is -2.28. The Morgan fingerprint density at radius 2 is 2.30 bits per heavy atom. The van der Waals surface area contributed by atoms with Crippen LogP contribution < -0.4 is 5.32 Å². The third-order valence-corrected chi connectivity index (χ3v) is 3.57. The molecule has 1 aliphatic rings. The molecule has 1 fully saturated rings. The number of nitrogens with zero attached hydrogens (tertiary/aromatic N) is 2. The molecular formula is C13H20N4O3. The summed E-state index contributed by atoms with van der Waals surface area (Å²) in [5.41, 5.74) is 0. The van der Waals surface area contributed by atoms with Crippen LogP contribution in [-0.2, 0) is 4.79 Å². The average Bonchev–Trinajstić information content (AvgIpc) is 2.82. The number of likely N-dealkylation sites (tertiary alicyclic amines) is 1. The molecule has 0 saturated carbocycles. The number of urea groups is 1. The van der Waals surface area contributed by atoms with Crippen LogP contribution in [0.3, 0.4) is 0 Å². The van der Waals surface area contributed by atoms with Crippen molar-refractivity contribution in [1.29, 1.82) is 0 Å². The summed E-state index contributed by atoms with van der Waals surface area (Å²) >= 11 is 0. The van der Waals surface area contributed by atoms with Gasteiger partial charge in [0.1, 0.15) is 11.9 Å². The van der Waals surface area contributed by atoms with Gasteiger partial charge in [-0.05, 0) is 19.8 Å². The zero-order valence-electron chi connectivity index (χ0n) is 11.5. The smallest absolute Gasteiger partial charge is 0.326 e. The maximum Gasteiger partial charge on any atom is 0.326 e. The standard InChI is InChI=1S/C13H20N4O3/c1-9(11-14-6-7-15-11)16-13(20)17-8-4-2-3-5-10(17)12(18)19/h6-7,9-10H,2-5,8H2,1H3,(H,14,15)(H,16,20)(H,18,19). The molecule has 0 bridgehead atoms. The van der Waals surface area contributed by atoms with E-state index in [1.165, 1.54) is 4.90 Å². The maximum absolute atomic E-state index is 12.3. The number of amides is 2. The average molecular weight is 280 g/mol. The van der Waals surface area contributed by atoms with Gasteiger partial charge in [-0.3, -0.25) is 0 Å². The topological polar surface area (TPSA) is 98.3 Å². The summed E-state index contributed by atoms with van der Waals surface area (Å²) in [5.74, 6) is -0.284. The summed E-state index contributed by atoms with van der Waals surface area (Å²) in [4.78, 5) is 32.0. The van der Waals surface area contributed by atoms with Crippen LogP contribution in [0.1, 0.15) is 44.5 Å². The first-order valence-corrected chi connectivity index (χ1v) is 6.89. The van der Waals surface area contributed by atoms with E-state index in [2.05, 4.69) is 15.3 Å². The summed E-state index contributed by atoms with van der Waals surface area (Å²) in [6.07, 6.45) is 6.45. The normalized spacial score (nSPS) is 21.1. The van der Waals surface area contributed by atoms with Gasteiger partial charge >= 0.3 is 12.0 Å². The van der Waals surface area contributed by atoms with Crippen molar-refractivity contribution in [2.75, 3.05) is 6.54 Å². The number of hydrogen-bond donors (Lipinski definition) is 3. The Hall–Kier alpha value is -2.05. The van der Waals surface area contributed by atoms with Crippen molar-refractivity contribution < 1.29 is 14.7 Å². The lowest BCUT2D eigenvalue weighted by atomic mass is 10.1. The minimum atomic E-state index is -0.937. The lowest BCUT2D eigenvalue weighted by Crippen LogP contribution is -2.49. The molecule has 0 spiro atoms. The molecule has 7 heteroatoms. The zero-order valence-corrected chi connectivity index (χ0v) is 11.5. The monoisotopic (exact) mass is 280 g/mol. The van der Waals surface area contributed by atoms with Gasteiger partial charge in [-0.25, -0.2) is 14.6 Å². The number of carbonyl (C=O) groups is 2. The van der Waals surface area contributed by atoms with E-state index in [-0.39, 0.29) is 12.1 Å². The fourth-order valence-electron chi connectivity index (χ4n) is 2.46. The predicted molar refractivity (Wildman–Crippen MR) is 72.1 cm³/mol. The molecule has 20 heavy (non-hydrogen) atoms. The van der Waals surface area contributed by atoms with Crippen LogP contribution in [0.15, 0.2) is 12.4 Å². The Morgan fingerprint density at radius 3 is 2.95 bits per heavy atom. The minimum Gasteiger partial charge on any atom is -0.480 e. The second-order valence-corrected chi connectivity index (χ2v) is 5.04. The number of aromatic nitrogens is 2. The zero-order chi connectivity index (χ0) is 14.5. The highest BCUT2D eigenvalue weighted by molar-refractivity contribution is 5.82. The second kappa shape index (κ2) is 6.40. The molecule has 1 aromatic heterocycles. The van der Waals surface area contributed by atoms with Crippen LogP contribution in [0.25, 0.3) is 0 Å². The van der Waals surface area contributed by atoms with Crippen LogP contribution in [0.4, 0.5) is 4.79 Å². The Morgan fingerprint density at radius 1 is 1.50 bits per heavy atom. The van der Waals surface area contributed by atoms with Crippen molar-refractivity contribution in [3.05, 3.63) is 18.2 Å². The van der Waals surface area contributed by atoms with Crippen molar-refractivity contribution in [3.8, 4) is 0 Å². The SMILES string of the molecule is CC(NC(=O)N1CCCCCC1C(=O)O)c1ncc[nH]1. The van der Waals surface area contributed by atoms with Crippen molar-refractivity contribution in [3.63, 3.8) is 0 Å². The molecule has 1 saturated heterocycles. The van der Waals surface area contributed by atoms with E-state index in [1.807, 2.05) is 6.92 Å². The Labute approximate surface area is 117 Å². The number of carboxylic acids is 1. The van der Waals surface area contributed by atoms with Gasteiger partial charge in [-0.15, -0.1) is 0 Å². The van der Waals surface area contributed by atoms with E-state index in [0.29, 0.717) is 18.8 Å². The molecule has 2 unspecified atom stereocenters. The molecule has 3 N–H and O–H groups in total. The fourth-order valence-corrected chi connectivity index (χ4v) is 2.46. The van der Waals surface area contributed by atoms with Gasteiger partial charge < -0.3 is 20.3 Å². The Balaban J connectivity index is 2.03. The molecule has 2 amide bonds. The number of nitrogens with one attached hydrogen (secondary N) is 2. The molecule has 2 heterocycles. The van der Waals surface area contributed by atoms with Crippen LogP contribution in [0.2, 0.25) is 0 Å². The summed E-state index contributed by atoms with van der Waals surface area (Å²) in [6, 6.07) is -1.36. The first kappa shape index (κ1) is 14.4. The molecule has 0 radical (unpaired) electrons. The molecule has 1 aliphatic heterocycles. The first-order chi connectivity index (χ1) is 9.59. The summed E-state index contributed by atoms with van der Waals surface area (Å²) in [7, 11) is 0. The number of rotatable bonds is 3. The van der Waals surface area contributed by atoms with Gasteiger partial charge in [-0.1, -0.05) is 12.8 Å². The maximum atomic E-state index is 12.3. The molecule has 1 aromatic rings. The van der Waals surface area contributed by atoms with Crippen LogP contribution in [0, 0.1) is 0 Å². The quantitative estimate of drug-likeness (QED) is 0.781. The van der Waals surface area contributed by atoms with E-state index in [1.54, 1.807) is 12.4 Å². The van der Waals surface area contributed by atoms with Crippen LogP contribution >= 0.6 is 0 Å². The molecule has 7 nitrogen and oxygen atoms in total. The van der Waals surface area contributed by atoms with E-state index in [4.69, 9.17) is 0 Å². The molecular weight excluding hydrogens is 260 g/mol. The van der Waals surface area contributed by atoms with Crippen molar-refractivity contribution in [2.45, 2.75) is 44.7 Å². The van der Waals surface area contributed by atoms with E-state index in [9.17, 15) is 14.7 Å². The second-order valence-electron chi connectivity index (χ2n) is 5.04. The highest BCUT2D eigenvalue weighted by atomic mass is 16.4. The van der Waals surface area contributed by atoms with Gasteiger partial charge in [-0.2, -0.15) is 0 Å². The van der Waals surface area contributed by atoms with E-state index in [0.717, 1.165) is 19.3 Å². The lowest BCUT2D eigenvalue weighted by molar-refractivity contribution is -0.142. The number of carbonyl (C=O) groups excluding carboxylic acids is 1. The number of aliphatic carboxylic acids is 1. The number of imidazole rings is 1. The summed E-state index contributed by atoms with van der Waals surface area (Å²) < 4.78 is 0. The van der Waals surface area contributed by atoms with Gasteiger partial charge in [0, 0.05) is 18.9 Å². The van der Waals surface area contributed by atoms with Crippen LogP contribution in [-0.4, -0.2) is 44.6 Å². The predicted octanol–water partition coefficient (Wildman–Crippen LogP) is 1.51. The third kappa shape index (κ3) is 3.28. The highest BCUT2D eigenvalue weighted by Crippen LogP contribution is 2.18. The molecule has 110 valence electrons. The van der Waals surface area contributed by atoms with Crippen molar-refractivity contribution >= 4 is 12.0 Å². The molecule has 2 atom stereocenters. The van der Waals surface area contributed by atoms with Gasteiger partial charge in [0.05, 0.1) is 6.04 Å². The molecule has 0 aliphatic carbocycles. The van der Waals surface area contributed by atoms with Gasteiger partial charge in [0.2, 0.25) is 0 Å². The Bertz CT molecular complexity index is 460. The van der Waals surface area contributed by atoms with E-state index >= 15 is 0 Å². The molecule has 2 rings (SSSR count). The largest absolute Gasteiger partial charge is 0.480 e. The van der Waals surface area contributed by atoms with Crippen LogP contribution in [0.5, 0.6) is 0 Å². The van der Waals surface area contributed by atoms with Gasteiger partial charge in [0.15, 0.2) is 0 Å². The number of hydrogen-bond acceptors (Lipinski definition) is 3.